The Morgan fingerprint density at radius 3 is 2.46 bits per heavy atom. The van der Waals surface area contributed by atoms with Gasteiger partial charge in [0.15, 0.2) is 6.20 Å². The molecule has 5 aromatic rings. The number of pyridine rings is 1. The van der Waals surface area contributed by atoms with Gasteiger partial charge in [-0.2, -0.15) is 0 Å². The van der Waals surface area contributed by atoms with Crippen molar-refractivity contribution in [2.24, 2.45) is 7.05 Å². The molecule has 0 saturated heterocycles. The second kappa shape index (κ2) is 7.67. The molecule has 3 heterocycles. The average Bonchev–Trinajstić information content (AvgIpc) is 3.20. The highest BCUT2D eigenvalue weighted by Gasteiger charge is 2.31. The molecule has 0 atom stereocenters. The highest BCUT2D eigenvalue weighted by atomic mass is 19.1. The molecule has 0 bridgehead atoms. The van der Waals surface area contributed by atoms with Gasteiger partial charge in [-0.3, -0.25) is 0 Å². The number of fused-ring (bicyclic) bond motifs is 4. The Labute approximate surface area is 205 Å². The molecule has 0 saturated carbocycles. The van der Waals surface area contributed by atoms with Gasteiger partial charge < -0.3 is 9.32 Å². The number of aromatic nitrogens is 1. The minimum Gasteiger partial charge on any atom is -0.454 e. The molecule has 176 valence electrons. The Balaban J connectivity index is 1.65. The molecular weight excluding hydrogens is 435 g/mol. The number of aryl methyl sites for hydroxylation is 2. The van der Waals surface area contributed by atoms with E-state index < -0.39 is 0 Å². The molecule has 4 heteroatoms. The zero-order valence-corrected chi connectivity index (χ0v) is 20.9. The Morgan fingerprint density at radius 2 is 1.69 bits per heavy atom. The Morgan fingerprint density at radius 1 is 0.943 bits per heavy atom. The maximum atomic E-state index is 15.5. The second-order valence-electron chi connectivity index (χ2n) is 10.5. The number of anilines is 1. The van der Waals surface area contributed by atoms with Crippen molar-refractivity contribution < 1.29 is 13.4 Å². The fraction of sp³-hybridized carbons (Fsp3) is 0.258. The van der Waals surface area contributed by atoms with Gasteiger partial charge in [-0.05, 0) is 65.8 Å². The van der Waals surface area contributed by atoms with Gasteiger partial charge in [0.05, 0.1) is 11.1 Å². The molecule has 3 aromatic carbocycles. The number of hydrogen-bond acceptors (Lipinski definition) is 2. The van der Waals surface area contributed by atoms with Crippen LogP contribution in [0.25, 0.3) is 44.3 Å². The van der Waals surface area contributed by atoms with E-state index in [0.717, 1.165) is 51.7 Å². The van der Waals surface area contributed by atoms with Gasteiger partial charge in [-0.1, -0.05) is 32.0 Å². The molecule has 2 aromatic heterocycles. The largest absolute Gasteiger partial charge is 0.454 e. The summed E-state index contributed by atoms with van der Waals surface area (Å²) in [4.78, 5) is 2.29. The number of nitrogens with zero attached hydrogens (tertiary/aromatic N) is 2. The zero-order chi connectivity index (χ0) is 24.5. The molecule has 1 aliphatic heterocycles. The van der Waals surface area contributed by atoms with Crippen LogP contribution in [-0.2, 0) is 12.5 Å². The SMILES string of the molecule is Cc1ccc2c(oc3c(-c4ccc5c(c4)C(C)(C)CCN5C)c(F)ccc32)c1-c1cccc[n+]1C. The van der Waals surface area contributed by atoms with E-state index in [0.29, 0.717) is 11.1 Å². The monoisotopic (exact) mass is 465 g/mol. The van der Waals surface area contributed by atoms with E-state index in [1.807, 2.05) is 37.5 Å². The lowest BCUT2D eigenvalue weighted by molar-refractivity contribution is -0.660. The Bertz CT molecular complexity index is 1630. The summed E-state index contributed by atoms with van der Waals surface area (Å²) in [6, 6.07) is 20.1. The lowest BCUT2D eigenvalue weighted by Crippen LogP contribution is -2.34. The van der Waals surface area contributed by atoms with E-state index in [-0.39, 0.29) is 11.2 Å². The molecule has 6 rings (SSSR count). The number of furan rings is 1. The van der Waals surface area contributed by atoms with Gasteiger partial charge in [-0.15, -0.1) is 0 Å². The van der Waals surface area contributed by atoms with Crippen LogP contribution in [0.4, 0.5) is 10.1 Å². The van der Waals surface area contributed by atoms with Crippen LogP contribution < -0.4 is 9.47 Å². The van der Waals surface area contributed by atoms with E-state index in [1.165, 1.54) is 11.3 Å². The number of hydrogen-bond donors (Lipinski definition) is 0. The van der Waals surface area contributed by atoms with Crippen LogP contribution in [0.2, 0.25) is 0 Å². The van der Waals surface area contributed by atoms with Gasteiger partial charge >= 0.3 is 0 Å². The molecule has 0 unspecified atom stereocenters. The first-order chi connectivity index (χ1) is 16.8. The topological polar surface area (TPSA) is 20.3 Å². The average molecular weight is 466 g/mol. The highest BCUT2D eigenvalue weighted by Crippen LogP contribution is 2.45. The molecule has 0 spiro atoms. The summed E-state index contributed by atoms with van der Waals surface area (Å²) in [5.41, 5.74) is 8.53. The van der Waals surface area contributed by atoms with Crippen molar-refractivity contribution in [3.8, 4) is 22.4 Å². The van der Waals surface area contributed by atoms with Crippen LogP contribution in [0, 0.1) is 12.7 Å². The first kappa shape index (κ1) is 21.8. The molecule has 0 radical (unpaired) electrons. The van der Waals surface area contributed by atoms with Crippen LogP contribution in [0.15, 0.2) is 71.3 Å². The van der Waals surface area contributed by atoms with Crippen LogP contribution >= 0.6 is 0 Å². The number of halogens is 1. The van der Waals surface area contributed by atoms with Crippen molar-refractivity contribution in [1.29, 1.82) is 0 Å². The summed E-state index contributed by atoms with van der Waals surface area (Å²) >= 11 is 0. The smallest absolute Gasteiger partial charge is 0.216 e. The van der Waals surface area contributed by atoms with Crippen LogP contribution in [-0.4, -0.2) is 13.6 Å². The van der Waals surface area contributed by atoms with Gasteiger partial charge in [-0.25, -0.2) is 8.96 Å². The van der Waals surface area contributed by atoms with E-state index in [1.54, 1.807) is 6.07 Å². The Kier molecular flexibility index (Phi) is 4.79. The van der Waals surface area contributed by atoms with Crippen molar-refractivity contribution in [3.63, 3.8) is 0 Å². The molecule has 1 aliphatic rings. The van der Waals surface area contributed by atoms with Crippen LogP contribution in [0.3, 0.4) is 0 Å². The van der Waals surface area contributed by atoms with Crippen molar-refractivity contribution >= 4 is 27.6 Å². The van der Waals surface area contributed by atoms with Gasteiger partial charge in [0, 0.05) is 42.2 Å². The van der Waals surface area contributed by atoms with Crippen molar-refractivity contribution in [2.75, 3.05) is 18.5 Å². The van der Waals surface area contributed by atoms with Gasteiger partial charge in [0.25, 0.3) is 0 Å². The summed E-state index contributed by atoms with van der Waals surface area (Å²) in [7, 11) is 4.16. The van der Waals surface area contributed by atoms with Crippen LogP contribution in [0.5, 0.6) is 0 Å². The minimum atomic E-state index is -0.262. The minimum absolute atomic E-state index is 0.0302. The molecule has 3 nitrogen and oxygen atoms in total. The maximum Gasteiger partial charge on any atom is 0.216 e. The Hall–Kier alpha value is -3.66. The fourth-order valence-electron chi connectivity index (χ4n) is 5.62. The third kappa shape index (κ3) is 3.27. The van der Waals surface area contributed by atoms with Crippen LogP contribution in [0.1, 0.15) is 31.4 Å². The van der Waals surface area contributed by atoms with E-state index >= 15 is 4.39 Å². The van der Waals surface area contributed by atoms with Crippen molar-refractivity contribution in [1.82, 2.24) is 0 Å². The van der Waals surface area contributed by atoms with Crippen molar-refractivity contribution in [2.45, 2.75) is 32.6 Å². The second-order valence-corrected chi connectivity index (χ2v) is 10.5. The summed E-state index contributed by atoms with van der Waals surface area (Å²) in [5.74, 6) is -0.262. The third-order valence-corrected chi connectivity index (χ3v) is 7.78. The zero-order valence-electron chi connectivity index (χ0n) is 20.9. The van der Waals surface area contributed by atoms with E-state index in [9.17, 15) is 0 Å². The predicted molar refractivity (Wildman–Crippen MR) is 141 cm³/mol. The molecule has 35 heavy (non-hydrogen) atoms. The third-order valence-electron chi connectivity index (χ3n) is 7.78. The number of benzene rings is 3. The van der Waals surface area contributed by atoms with Gasteiger partial charge in [0.1, 0.15) is 24.0 Å². The standard InChI is InChI=1S/C31H30FN2O/c1-19-9-11-21-22-12-13-24(32)28(20-10-14-25-23(18-20)31(2,3)15-17-34(25)5)30(22)35-29(21)27(19)26-8-6-7-16-33(26)4/h6-14,16,18H,15,17H2,1-5H3/q+1. The van der Waals surface area contributed by atoms with E-state index in [4.69, 9.17) is 4.42 Å². The summed E-state index contributed by atoms with van der Waals surface area (Å²) in [5, 5.41) is 1.94. The highest BCUT2D eigenvalue weighted by molar-refractivity contribution is 6.13. The molecule has 0 fully saturated rings. The predicted octanol–water partition coefficient (Wildman–Crippen LogP) is 7.31. The number of rotatable bonds is 2. The lowest BCUT2D eigenvalue weighted by atomic mass is 9.77. The summed E-state index contributed by atoms with van der Waals surface area (Å²) in [6.07, 6.45) is 3.10. The first-order valence-electron chi connectivity index (χ1n) is 12.2. The molecule has 0 aliphatic carbocycles. The first-order valence-corrected chi connectivity index (χ1v) is 12.2. The van der Waals surface area contributed by atoms with Gasteiger partial charge in [0.2, 0.25) is 5.69 Å². The van der Waals surface area contributed by atoms with Crippen molar-refractivity contribution in [3.05, 3.63) is 83.8 Å². The molecule has 0 N–H and O–H groups in total. The molecular formula is C31H30FN2O+. The summed E-state index contributed by atoms with van der Waals surface area (Å²) < 4.78 is 24.2. The quantitative estimate of drug-likeness (QED) is 0.255. The van der Waals surface area contributed by atoms with E-state index in [2.05, 4.69) is 67.6 Å². The fourth-order valence-corrected chi connectivity index (χ4v) is 5.62. The molecule has 0 amide bonds. The lowest BCUT2D eigenvalue weighted by Gasteiger charge is -2.38. The summed E-state index contributed by atoms with van der Waals surface area (Å²) in [6.45, 7) is 7.66. The normalized spacial score (nSPS) is 15.1. The maximum absolute atomic E-state index is 15.5.